The molecule has 0 aliphatic heterocycles. The van der Waals surface area contributed by atoms with Crippen LogP contribution in [0.3, 0.4) is 0 Å². The lowest BCUT2D eigenvalue weighted by molar-refractivity contribution is -0.200. The molecule has 0 aromatic rings. The van der Waals surface area contributed by atoms with E-state index in [0.717, 1.165) is 31.6 Å². The molecule has 0 amide bonds. The Morgan fingerprint density at radius 3 is 2.30 bits per heavy atom. The molecule has 0 saturated heterocycles. The van der Waals surface area contributed by atoms with Crippen LogP contribution >= 0.6 is 0 Å². The zero-order valence-corrected chi connectivity index (χ0v) is 20.0. The minimum absolute atomic E-state index is 0.161. The van der Waals surface area contributed by atoms with Crippen molar-refractivity contribution in [2.75, 3.05) is 13.2 Å². The second-order valence-electron chi connectivity index (χ2n) is 12.4. The molecule has 4 saturated carbocycles. The van der Waals surface area contributed by atoms with Crippen LogP contribution in [-0.2, 0) is 0 Å². The van der Waals surface area contributed by atoms with Gasteiger partial charge in [0.1, 0.15) is 0 Å². The second kappa shape index (κ2) is 8.67. The highest BCUT2D eigenvalue weighted by Crippen LogP contribution is 2.69. The topological polar surface area (TPSA) is 60.7 Å². The van der Waals surface area contributed by atoms with E-state index >= 15 is 0 Å². The van der Waals surface area contributed by atoms with Crippen LogP contribution in [0.5, 0.6) is 0 Å². The van der Waals surface area contributed by atoms with Gasteiger partial charge >= 0.3 is 0 Å². The molecular formula is C27H48O3. The van der Waals surface area contributed by atoms with Gasteiger partial charge in [-0.25, -0.2) is 0 Å². The van der Waals surface area contributed by atoms with Crippen LogP contribution in [0.25, 0.3) is 0 Å². The summed E-state index contributed by atoms with van der Waals surface area (Å²) in [7, 11) is 0. The van der Waals surface area contributed by atoms with Crippen molar-refractivity contribution in [1.29, 1.82) is 0 Å². The number of hydrogen-bond donors (Lipinski definition) is 3. The molecule has 0 heterocycles. The lowest BCUT2D eigenvalue weighted by Crippen LogP contribution is -2.62. The predicted octanol–water partition coefficient (Wildman–Crippen LogP) is 5.27. The molecule has 0 bridgehead atoms. The largest absolute Gasteiger partial charge is 0.396 e. The van der Waals surface area contributed by atoms with Crippen LogP contribution in [-0.4, -0.2) is 34.6 Å². The minimum Gasteiger partial charge on any atom is -0.396 e. The van der Waals surface area contributed by atoms with Gasteiger partial charge in [-0.3, -0.25) is 0 Å². The van der Waals surface area contributed by atoms with Gasteiger partial charge in [0.2, 0.25) is 0 Å². The molecule has 0 radical (unpaired) electrons. The summed E-state index contributed by atoms with van der Waals surface area (Å²) in [5.74, 6) is 4.63. The van der Waals surface area contributed by atoms with Crippen molar-refractivity contribution < 1.29 is 15.3 Å². The van der Waals surface area contributed by atoms with Crippen LogP contribution in [0, 0.1) is 58.2 Å². The Morgan fingerprint density at radius 2 is 1.63 bits per heavy atom. The standard InChI is InChI=1S/C27H48O3/c1-5-19-23-15-18(16-29)10-12-27(23,4)22-11-13-26(3)20(17(2)7-6-14-28)8-9-21(26)24(22)25(19)30/h17-25,28-30H,5-16H2,1-4H3. The normalized spacial score (nSPS) is 51.7. The summed E-state index contributed by atoms with van der Waals surface area (Å²) in [6.07, 6.45) is 11.7. The molecule has 0 spiro atoms. The average molecular weight is 421 g/mol. The molecule has 3 nitrogen and oxygen atoms in total. The van der Waals surface area contributed by atoms with Gasteiger partial charge in [0.25, 0.3) is 0 Å². The van der Waals surface area contributed by atoms with E-state index in [9.17, 15) is 15.3 Å². The van der Waals surface area contributed by atoms with Crippen molar-refractivity contribution in [2.24, 2.45) is 58.2 Å². The minimum atomic E-state index is -0.161. The highest BCUT2D eigenvalue weighted by molar-refractivity contribution is 5.13. The first-order valence-corrected chi connectivity index (χ1v) is 13.2. The fourth-order valence-electron chi connectivity index (χ4n) is 9.82. The van der Waals surface area contributed by atoms with E-state index in [1.165, 1.54) is 38.5 Å². The van der Waals surface area contributed by atoms with E-state index < -0.39 is 0 Å². The molecule has 3 N–H and O–H groups in total. The van der Waals surface area contributed by atoms with E-state index in [2.05, 4.69) is 27.7 Å². The number of rotatable bonds is 6. The highest BCUT2D eigenvalue weighted by atomic mass is 16.3. The van der Waals surface area contributed by atoms with Crippen molar-refractivity contribution in [3.63, 3.8) is 0 Å². The van der Waals surface area contributed by atoms with Gasteiger partial charge in [-0.1, -0.05) is 34.1 Å². The van der Waals surface area contributed by atoms with Gasteiger partial charge in [-0.2, -0.15) is 0 Å². The number of fused-ring (bicyclic) bond motifs is 5. The lowest BCUT2D eigenvalue weighted by Gasteiger charge is -2.65. The maximum Gasteiger partial charge on any atom is 0.0605 e. The quantitative estimate of drug-likeness (QED) is 0.548. The first kappa shape index (κ1) is 23.1. The smallest absolute Gasteiger partial charge is 0.0605 e. The maximum absolute atomic E-state index is 11.8. The third kappa shape index (κ3) is 3.41. The molecule has 11 unspecified atom stereocenters. The Kier molecular flexibility index (Phi) is 6.66. The van der Waals surface area contributed by atoms with Crippen molar-refractivity contribution in [3.05, 3.63) is 0 Å². The summed E-state index contributed by atoms with van der Waals surface area (Å²) in [5, 5.41) is 31.0. The van der Waals surface area contributed by atoms with Crippen molar-refractivity contribution in [1.82, 2.24) is 0 Å². The Hall–Kier alpha value is -0.120. The summed E-state index contributed by atoms with van der Waals surface area (Å²) in [4.78, 5) is 0. The third-order valence-electron chi connectivity index (χ3n) is 11.4. The third-order valence-corrected chi connectivity index (χ3v) is 11.4. The highest BCUT2D eigenvalue weighted by Gasteiger charge is 2.64. The second-order valence-corrected chi connectivity index (χ2v) is 12.4. The number of aliphatic hydroxyl groups excluding tert-OH is 3. The predicted molar refractivity (Wildman–Crippen MR) is 122 cm³/mol. The van der Waals surface area contributed by atoms with Crippen LogP contribution in [0.1, 0.15) is 91.9 Å². The van der Waals surface area contributed by atoms with Gasteiger partial charge < -0.3 is 15.3 Å². The van der Waals surface area contributed by atoms with Crippen molar-refractivity contribution in [3.8, 4) is 0 Å². The molecule has 4 aliphatic carbocycles. The van der Waals surface area contributed by atoms with E-state index in [4.69, 9.17) is 0 Å². The molecule has 3 heteroatoms. The molecule has 174 valence electrons. The van der Waals surface area contributed by atoms with Crippen LogP contribution in [0.15, 0.2) is 0 Å². The SMILES string of the molecule is CCC1C(O)C2C3CCC(C(C)CCCO)C3(C)CCC2C2(C)CCC(CO)CC12. The summed E-state index contributed by atoms with van der Waals surface area (Å²) in [6, 6.07) is 0. The summed E-state index contributed by atoms with van der Waals surface area (Å²) in [5.41, 5.74) is 0.707. The van der Waals surface area contributed by atoms with E-state index in [0.29, 0.717) is 65.5 Å². The average Bonchev–Trinajstić information content (AvgIpc) is 3.09. The summed E-state index contributed by atoms with van der Waals surface area (Å²) in [6.45, 7) is 10.5. The van der Waals surface area contributed by atoms with Gasteiger partial charge in [0.05, 0.1) is 6.10 Å². The van der Waals surface area contributed by atoms with Gasteiger partial charge in [-0.05, 0) is 116 Å². The van der Waals surface area contributed by atoms with Crippen LogP contribution in [0.2, 0.25) is 0 Å². The summed E-state index contributed by atoms with van der Waals surface area (Å²) >= 11 is 0. The molecular weight excluding hydrogens is 372 g/mol. The Morgan fingerprint density at radius 1 is 0.933 bits per heavy atom. The number of hydrogen-bond acceptors (Lipinski definition) is 3. The maximum atomic E-state index is 11.8. The van der Waals surface area contributed by atoms with Gasteiger partial charge in [-0.15, -0.1) is 0 Å². The van der Waals surface area contributed by atoms with E-state index in [1.54, 1.807) is 0 Å². The molecule has 11 atom stereocenters. The van der Waals surface area contributed by atoms with Gasteiger partial charge in [0.15, 0.2) is 0 Å². The van der Waals surface area contributed by atoms with Gasteiger partial charge in [0, 0.05) is 13.2 Å². The zero-order chi connectivity index (χ0) is 21.7. The number of aliphatic hydroxyl groups is 3. The van der Waals surface area contributed by atoms with Crippen molar-refractivity contribution >= 4 is 0 Å². The fraction of sp³-hybridized carbons (Fsp3) is 1.00. The van der Waals surface area contributed by atoms with E-state index in [-0.39, 0.29) is 6.10 Å². The van der Waals surface area contributed by atoms with Crippen LogP contribution in [0.4, 0.5) is 0 Å². The first-order chi connectivity index (χ1) is 14.3. The molecule has 4 rings (SSSR count). The molecule has 4 aliphatic rings. The fourth-order valence-corrected chi connectivity index (χ4v) is 9.82. The Bertz CT molecular complexity index is 593. The molecule has 30 heavy (non-hydrogen) atoms. The van der Waals surface area contributed by atoms with Crippen LogP contribution < -0.4 is 0 Å². The zero-order valence-electron chi connectivity index (χ0n) is 20.0. The molecule has 0 aromatic carbocycles. The van der Waals surface area contributed by atoms with Crippen molar-refractivity contribution in [2.45, 2.75) is 98.0 Å². The lowest BCUT2D eigenvalue weighted by atomic mass is 9.41. The summed E-state index contributed by atoms with van der Waals surface area (Å²) < 4.78 is 0. The first-order valence-electron chi connectivity index (χ1n) is 13.2. The molecule has 0 aromatic heterocycles. The van der Waals surface area contributed by atoms with E-state index in [1.807, 2.05) is 0 Å². The monoisotopic (exact) mass is 420 g/mol. The Balaban J connectivity index is 1.62. The Labute approximate surface area is 185 Å². The molecule has 4 fully saturated rings.